The number of hydrogen-bond donors (Lipinski definition) is 1. The molecule has 0 spiro atoms. The maximum atomic E-state index is 9.51. The Kier molecular flexibility index (Phi) is 5.77. The van der Waals surface area contributed by atoms with Gasteiger partial charge in [0, 0.05) is 0 Å². The summed E-state index contributed by atoms with van der Waals surface area (Å²) in [7, 11) is 0. The molecule has 1 aromatic rings. The normalized spacial score (nSPS) is 9.92. The molecule has 0 radical (unpaired) electrons. The maximum Gasteiger partial charge on any atom is 0.339 e. The number of halogens is 3. The highest BCUT2D eigenvalue weighted by molar-refractivity contribution is 8.24. The topological polar surface area (TPSA) is 37.3 Å². The molecule has 0 bridgehead atoms. The minimum absolute atomic E-state index is 0.322. The highest BCUT2D eigenvalue weighted by atomic mass is 36.0. The van der Waals surface area contributed by atoms with Crippen LogP contribution in [0.4, 0.5) is 0 Å². The van der Waals surface area contributed by atoms with E-state index in [1.807, 2.05) is 6.07 Å². The second-order valence-corrected chi connectivity index (χ2v) is 8.37. The third-order valence-corrected chi connectivity index (χ3v) is 0.756. The first kappa shape index (κ1) is 12.1. The van der Waals surface area contributed by atoms with E-state index < -0.39 is 5.20 Å². The number of para-hydroxylation sites is 1. The Morgan fingerprint density at radius 1 is 1.08 bits per heavy atom. The van der Waals surface area contributed by atoms with Crippen molar-refractivity contribution in [1.29, 1.82) is 0 Å². The Labute approximate surface area is 84.8 Å². The van der Waals surface area contributed by atoms with Crippen LogP contribution in [0.15, 0.2) is 30.3 Å². The van der Waals surface area contributed by atoms with Crippen molar-refractivity contribution in [2.75, 3.05) is 0 Å². The maximum absolute atomic E-state index is 9.51. The summed E-state index contributed by atoms with van der Waals surface area (Å²) in [4.78, 5) is 0. The molecule has 0 fully saturated rings. The lowest BCUT2D eigenvalue weighted by atomic mass is 10.3. The van der Waals surface area contributed by atoms with E-state index in [1.54, 1.807) is 24.3 Å². The van der Waals surface area contributed by atoms with E-state index in [2.05, 4.69) is 33.7 Å². The zero-order valence-corrected chi connectivity index (χ0v) is 8.99. The van der Waals surface area contributed by atoms with Crippen molar-refractivity contribution >= 4 is 38.9 Å². The first-order valence-corrected chi connectivity index (χ1v) is 7.25. The van der Waals surface area contributed by atoms with Crippen LogP contribution in [0.3, 0.4) is 0 Å². The lowest BCUT2D eigenvalue weighted by Crippen LogP contribution is -1.56. The number of rotatable bonds is 0. The predicted molar refractivity (Wildman–Crippen MR) is 53.3 cm³/mol. The van der Waals surface area contributed by atoms with Crippen molar-refractivity contribution in [3.8, 4) is 5.75 Å². The van der Waals surface area contributed by atoms with Gasteiger partial charge in [-0.15, -0.1) is 0 Å². The zero-order valence-electron chi connectivity index (χ0n) is 5.82. The molecule has 68 valence electrons. The summed E-state index contributed by atoms with van der Waals surface area (Å²) in [6.07, 6.45) is 0. The Bertz CT molecular complexity index is 250. The third-order valence-electron chi connectivity index (χ3n) is 0.756. The van der Waals surface area contributed by atoms with Gasteiger partial charge in [0.1, 0.15) is 5.75 Å². The van der Waals surface area contributed by atoms with E-state index in [9.17, 15) is 4.57 Å². The third kappa shape index (κ3) is 12.8. The number of benzene rings is 1. The molecule has 6 heteroatoms. The molecule has 12 heavy (non-hydrogen) atoms. The van der Waals surface area contributed by atoms with Crippen molar-refractivity contribution in [3.63, 3.8) is 0 Å². The van der Waals surface area contributed by atoms with Crippen LogP contribution in [-0.4, -0.2) is 5.11 Å². The van der Waals surface area contributed by atoms with Crippen LogP contribution in [-0.2, 0) is 4.57 Å². The molecular weight excluding hydrogens is 241 g/mol. The lowest BCUT2D eigenvalue weighted by molar-refractivity contribution is 0.475. The molecule has 0 heterocycles. The summed E-state index contributed by atoms with van der Waals surface area (Å²) < 4.78 is 9.51. The van der Waals surface area contributed by atoms with Gasteiger partial charge in [0.15, 0.2) is 0 Å². The van der Waals surface area contributed by atoms with Gasteiger partial charge < -0.3 is 5.11 Å². The summed E-state index contributed by atoms with van der Waals surface area (Å²) in [6, 6.07) is 8.71. The fraction of sp³-hybridized carbons (Fsp3) is 0. The molecule has 0 aliphatic rings. The summed E-state index contributed by atoms with van der Waals surface area (Å²) in [5.74, 6) is 0.322. The first-order valence-electron chi connectivity index (χ1n) is 2.82. The number of phenols is 1. The van der Waals surface area contributed by atoms with Gasteiger partial charge in [0.05, 0.1) is 0 Å². The molecule has 2 nitrogen and oxygen atoms in total. The standard InChI is InChI=1S/C6H6O.Cl3OP/c7-6-4-2-1-3-5-6;1-5(2,3)4/h1-5,7H;. The molecule has 0 saturated heterocycles. The van der Waals surface area contributed by atoms with Gasteiger partial charge in [-0.05, 0) is 45.9 Å². The lowest BCUT2D eigenvalue weighted by Gasteiger charge is -1.82. The van der Waals surface area contributed by atoms with E-state index in [0.717, 1.165) is 0 Å². The van der Waals surface area contributed by atoms with Crippen LogP contribution < -0.4 is 0 Å². The molecule has 0 aromatic heterocycles. The molecule has 1 rings (SSSR count). The second-order valence-electron chi connectivity index (χ2n) is 1.73. The molecule has 0 atom stereocenters. The summed E-state index contributed by atoms with van der Waals surface area (Å²) in [5.41, 5.74) is 0. The minimum atomic E-state index is -3.22. The van der Waals surface area contributed by atoms with Gasteiger partial charge in [-0.3, -0.25) is 4.57 Å². The van der Waals surface area contributed by atoms with Gasteiger partial charge in [0.25, 0.3) is 0 Å². The molecule has 1 N–H and O–H groups in total. The highest BCUT2D eigenvalue weighted by Crippen LogP contribution is 2.61. The Balaban J connectivity index is 0.000000217. The molecule has 1 aromatic carbocycles. The smallest absolute Gasteiger partial charge is 0.339 e. The number of phenolic OH excluding ortho intramolecular Hbond substituents is 1. The van der Waals surface area contributed by atoms with Crippen LogP contribution in [0.5, 0.6) is 5.75 Å². The van der Waals surface area contributed by atoms with Crippen molar-refractivity contribution in [2.45, 2.75) is 0 Å². The molecule has 0 amide bonds. The van der Waals surface area contributed by atoms with Gasteiger partial charge in [-0.2, -0.15) is 0 Å². The van der Waals surface area contributed by atoms with E-state index in [0.29, 0.717) is 5.75 Å². The Morgan fingerprint density at radius 3 is 1.58 bits per heavy atom. The van der Waals surface area contributed by atoms with Crippen LogP contribution in [0, 0.1) is 0 Å². The average molecular weight is 247 g/mol. The predicted octanol–water partition coefficient (Wildman–Crippen LogP) is 4.20. The monoisotopic (exact) mass is 246 g/mol. The quantitative estimate of drug-likeness (QED) is 0.698. The minimum Gasteiger partial charge on any atom is -0.508 e. The van der Waals surface area contributed by atoms with E-state index in [1.165, 1.54) is 0 Å². The van der Waals surface area contributed by atoms with Crippen LogP contribution >= 0.6 is 38.9 Å². The molecule has 0 saturated carbocycles. The van der Waals surface area contributed by atoms with Crippen molar-refractivity contribution in [3.05, 3.63) is 30.3 Å². The Morgan fingerprint density at radius 2 is 1.42 bits per heavy atom. The van der Waals surface area contributed by atoms with Gasteiger partial charge in [-0.25, -0.2) is 0 Å². The average Bonchev–Trinajstić information content (AvgIpc) is 1.85. The van der Waals surface area contributed by atoms with E-state index in [4.69, 9.17) is 5.11 Å². The van der Waals surface area contributed by atoms with Crippen LogP contribution in [0.1, 0.15) is 0 Å². The number of hydrogen-bond acceptors (Lipinski definition) is 2. The zero-order chi connectivity index (χ0) is 9.61. The summed E-state index contributed by atoms with van der Waals surface area (Å²) >= 11 is 13.8. The van der Waals surface area contributed by atoms with Crippen LogP contribution in [0.25, 0.3) is 0 Å². The van der Waals surface area contributed by atoms with Gasteiger partial charge in [0.2, 0.25) is 0 Å². The molecular formula is C6H6Cl3O2P. The fourth-order valence-corrected chi connectivity index (χ4v) is 0.428. The largest absolute Gasteiger partial charge is 0.508 e. The fourth-order valence-electron chi connectivity index (χ4n) is 0.428. The van der Waals surface area contributed by atoms with Gasteiger partial charge >= 0.3 is 5.20 Å². The summed E-state index contributed by atoms with van der Waals surface area (Å²) in [6.45, 7) is 0. The molecule has 0 aliphatic carbocycles. The highest BCUT2D eigenvalue weighted by Gasteiger charge is 2.02. The summed E-state index contributed by atoms with van der Waals surface area (Å²) in [5, 5.41) is 5.41. The van der Waals surface area contributed by atoms with Gasteiger partial charge in [-0.1, -0.05) is 18.2 Å². The van der Waals surface area contributed by atoms with Crippen LogP contribution in [0.2, 0.25) is 0 Å². The van der Waals surface area contributed by atoms with Crippen molar-refractivity contribution < 1.29 is 9.67 Å². The SMILES string of the molecule is O=P(Cl)(Cl)Cl.Oc1ccccc1. The second kappa shape index (κ2) is 5.71. The van der Waals surface area contributed by atoms with E-state index in [-0.39, 0.29) is 0 Å². The number of aromatic hydroxyl groups is 1. The molecule has 0 unspecified atom stereocenters. The van der Waals surface area contributed by atoms with E-state index >= 15 is 0 Å². The van der Waals surface area contributed by atoms with Crippen molar-refractivity contribution in [2.24, 2.45) is 0 Å². The Hall–Kier alpha value is 0.120. The first-order chi connectivity index (χ1) is 5.39. The van der Waals surface area contributed by atoms with Crippen molar-refractivity contribution in [1.82, 2.24) is 0 Å². The molecule has 0 aliphatic heterocycles.